The summed E-state index contributed by atoms with van der Waals surface area (Å²) in [6, 6.07) is 9.25. The molecule has 3 heteroatoms. The number of piperidine rings is 1. The monoisotopic (exact) mass is 261 g/mol. The SMILES string of the molecule is CN1CCCC(N(C)CCc2ccccc2CN)C1. The summed E-state index contributed by atoms with van der Waals surface area (Å²) < 4.78 is 0. The molecule has 1 unspecified atom stereocenters. The smallest absolute Gasteiger partial charge is 0.0220 e. The van der Waals surface area contributed by atoms with Crippen LogP contribution in [0.5, 0.6) is 0 Å². The van der Waals surface area contributed by atoms with Crippen molar-refractivity contribution in [1.29, 1.82) is 0 Å². The molecule has 1 saturated heterocycles. The molecule has 1 atom stereocenters. The average Bonchev–Trinajstić information content (AvgIpc) is 2.45. The van der Waals surface area contributed by atoms with Gasteiger partial charge < -0.3 is 15.5 Å². The van der Waals surface area contributed by atoms with E-state index in [1.807, 2.05) is 0 Å². The normalized spacial score (nSPS) is 20.9. The second kappa shape index (κ2) is 7.04. The molecule has 1 aliphatic rings. The van der Waals surface area contributed by atoms with E-state index in [9.17, 15) is 0 Å². The number of benzene rings is 1. The molecule has 3 nitrogen and oxygen atoms in total. The number of likely N-dealkylation sites (N-methyl/N-ethyl adjacent to an activating group) is 2. The van der Waals surface area contributed by atoms with E-state index in [1.54, 1.807) is 0 Å². The molecule has 1 fully saturated rings. The molecular formula is C16H27N3. The molecule has 106 valence electrons. The third-order valence-corrected chi connectivity index (χ3v) is 4.30. The summed E-state index contributed by atoms with van der Waals surface area (Å²) in [5.74, 6) is 0. The molecule has 0 saturated carbocycles. The van der Waals surface area contributed by atoms with E-state index in [-0.39, 0.29) is 0 Å². The number of nitrogens with two attached hydrogens (primary N) is 1. The molecule has 1 aromatic carbocycles. The van der Waals surface area contributed by atoms with Crippen molar-refractivity contribution < 1.29 is 0 Å². The van der Waals surface area contributed by atoms with Crippen LogP contribution < -0.4 is 5.73 Å². The van der Waals surface area contributed by atoms with E-state index in [2.05, 4.69) is 48.2 Å². The Hall–Kier alpha value is -0.900. The number of hydrogen-bond acceptors (Lipinski definition) is 3. The van der Waals surface area contributed by atoms with E-state index in [0.717, 1.165) is 13.0 Å². The quantitative estimate of drug-likeness (QED) is 0.876. The van der Waals surface area contributed by atoms with E-state index in [0.29, 0.717) is 12.6 Å². The Bertz CT molecular complexity index is 391. The molecule has 1 aliphatic heterocycles. The maximum Gasteiger partial charge on any atom is 0.0220 e. The van der Waals surface area contributed by atoms with Crippen LogP contribution in [0.2, 0.25) is 0 Å². The maximum absolute atomic E-state index is 5.80. The zero-order valence-corrected chi connectivity index (χ0v) is 12.3. The van der Waals surface area contributed by atoms with Gasteiger partial charge in [-0.1, -0.05) is 24.3 Å². The lowest BCUT2D eigenvalue weighted by Crippen LogP contribution is -2.45. The summed E-state index contributed by atoms with van der Waals surface area (Å²) in [5.41, 5.74) is 8.49. The summed E-state index contributed by atoms with van der Waals surface area (Å²) in [6.45, 7) is 4.22. The van der Waals surface area contributed by atoms with Gasteiger partial charge in [0, 0.05) is 25.7 Å². The van der Waals surface area contributed by atoms with Gasteiger partial charge in [-0.3, -0.25) is 0 Å². The van der Waals surface area contributed by atoms with Gasteiger partial charge in [0.05, 0.1) is 0 Å². The van der Waals surface area contributed by atoms with Gasteiger partial charge in [0.15, 0.2) is 0 Å². The predicted octanol–water partition coefficient (Wildman–Crippen LogP) is 1.71. The molecule has 0 bridgehead atoms. The molecule has 1 aromatic rings. The van der Waals surface area contributed by atoms with Gasteiger partial charge >= 0.3 is 0 Å². The van der Waals surface area contributed by atoms with E-state index in [4.69, 9.17) is 5.73 Å². The van der Waals surface area contributed by atoms with Gasteiger partial charge in [0.1, 0.15) is 0 Å². The molecule has 1 heterocycles. The lowest BCUT2D eigenvalue weighted by atomic mass is 10.0. The minimum absolute atomic E-state index is 0.645. The molecule has 0 aromatic heterocycles. The van der Waals surface area contributed by atoms with Gasteiger partial charge in [-0.2, -0.15) is 0 Å². The van der Waals surface area contributed by atoms with Crippen molar-refractivity contribution in [3.05, 3.63) is 35.4 Å². The second-order valence-electron chi connectivity index (χ2n) is 5.76. The first kappa shape index (κ1) is 14.5. The summed E-state index contributed by atoms with van der Waals surface area (Å²) in [4.78, 5) is 4.96. The fourth-order valence-electron chi connectivity index (χ4n) is 2.98. The lowest BCUT2D eigenvalue weighted by Gasteiger charge is -2.36. The first-order valence-electron chi connectivity index (χ1n) is 7.36. The highest BCUT2D eigenvalue weighted by molar-refractivity contribution is 5.27. The van der Waals surface area contributed by atoms with E-state index >= 15 is 0 Å². The molecule has 2 N–H and O–H groups in total. The molecule has 2 rings (SSSR count). The van der Waals surface area contributed by atoms with Crippen LogP contribution in [0, 0.1) is 0 Å². The molecular weight excluding hydrogens is 234 g/mol. The summed E-state index contributed by atoms with van der Waals surface area (Å²) in [5, 5.41) is 0. The first-order chi connectivity index (χ1) is 9.20. The maximum atomic E-state index is 5.80. The summed E-state index contributed by atoms with van der Waals surface area (Å²) >= 11 is 0. The number of hydrogen-bond donors (Lipinski definition) is 1. The van der Waals surface area contributed by atoms with Gasteiger partial charge in [-0.05, 0) is 51.0 Å². The Morgan fingerprint density at radius 2 is 2.05 bits per heavy atom. The fourth-order valence-corrected chi connectivity index (χ4v) is 2.98. The standard InChI is InChI=1S/C16H27N3/c1-18-10-5-8-16(13-18)19(2)11-9-14-6-3-4-7-15(14)12-17/h3-4,6-7,16H,5,8-13,17H2,1-2H3. The van der Waals surface area contributed by atoms with Crippen molar-refractivity contribution in [2.75, 3.05) is 33.7 Å². The average molecular weight is 261 g/mol. The molecule has 0 spiro atoms. The van der Waals surface area contributed by atoms with Crippen molar-refractivity contribution >= 4 is 0 Å². The Morgan fingerprint density at radius 3 is 2.74 bits per heavy atom. The third-order valence-electron chi connectivity index (χ3n) is 4.30. The number of likely N-dealkylation sites (tertiary alicyclic amines) is 1. The highest BCUT2D eigenvalue weighted by Crippen LogP contribution is 2.15. The zero-order valence-electron chi connectivity index (χ0n) is 12.3. The lowest BCUT2D eigenvalue weighted by molar-refractivity contribution is 0.135. The van der Waals surface area contributed by atoms with Gasteiger partial charge in [-0.25, -0.2) is 0 Å². The molecule has 19 heavy (non-hydrogen) atoms. The molecule has 0 aliphatic carbocycles. The molecule has 0 radical (unpaired) electrons. The van der Waals surface area contributed by atoms with Crippen molar-refractivity contribution in [2.45, 2.75) is 31.8 Å². The summed E-state index contributed by atoms with van der Waals surface area (Å²) in [7, 11) is 4.48. The van der Waals surface area contributed by atoms with Crippen LogP contribution in [-0.2, 0) is 13.0 Å². The van der Waals surface area contributed by atoms with Gasteiger partial charge in [0.2, 0.25) is 0 Å². The fraction of sp³-hybridized carbons (Fsp3) is 0.625. The van der Waals surface area contributed by atoms with Crippen molar-refractivity contribution in [2.24, 2.45) is 5.73 Å². The Balaban J connectivity index is 1.87. The minimum Gasteiger partial charge on any atom is -0.326 e. The van der Waals surface area contributed by atoms with E-state index in [1.165, 1.54) is 37.1 Å². The van der Waals surface area contributed by atoms with Crippen LogP contribution in [0.1, 0.15) is 24.0 Å². The van der Waals surface area contributed by atoms with Crippen molar-refractivity contribution in [1.82, 2.24) is 9.80 Å². The third kappa shape index (κ3) is 4.03. The zero-order chi connectivity index (χ0) is 13.7. The Morgan fingerprint density at radius 1 is 1.32 bits per heavy atom. The van der Waals surface area contributed by atoms with Gasteiger partial charge in [0.25, 0.3) is 0 Å². The second-order valence-corrected chi connectivity index (χ2v) is 5.76. The van der Waals surface area contributed by atoms with Crippen LogP contribution >= 0.6 is 0 Å². The topological polar surface area (TPSA) is 32.5 Å². The van der Waals surface area contributed by atoms with Crippen LogP contribution in [0.25, 0.3) is 0 Å². The van der Waals surface area contributed by atoms with Crippen molar-refractivity contribution in [3.63, 3.8) is 0 Å². The Kier molecular flexibility index (Phi) is 5.37. The largest absolute Gasteiger partial charge is 0.326 e. The minimum atomic E-state index is 0.645. The highest BCUT2D eigenvalue weighted by atomic mass is 15.2. The molecule has 0 amide bonds. The van der Waals surface area contributed by atoms with Crippen LogP contribution in [0.4, 0.5) is 0 Å². The predicted molar refractivity (Wildman–Crippen MR) is 81.2 cm³/mol. The number of nitrogens with zero attached hydrogens (tertiary/aromatic N) is 2. The van der Waals surface area contributed by atoms with E-state index < -0.39 is 0 Å². The van der Waals surface area contributed by atoms with Crippen LogP contribution in [-0.4, -0.2) is 49.6 Å². The Labute approximate surface area is 117 Å². The van der Waals surface area contributed by atoms with Crippen LogP contribution in [0.15, 0.2) is 24.3 Å². The van der Waals surface area contributed by atoms with Crippen molar-refractivity contribution in [3.8, 4) is 0 Å². The highest BCUT2D eigenvalue weighted by Gasteiger charge is 2.20. The van der Waals surface area contributed by atoms with Gasteiger partial charge in [-0.15, -0.1) is 0 Å². The summed E-state index contributed by atoms with van der Waals surface area (Å²) in [6.07, 6.45) is 3.76. The van der Waals surface area contributed by atoms with Crippen LogP contribution in [0.3, 0.4) is 0 Å². The first-order valence-corrected chi connectivity index (χ1v) is 7.36. The number of rotatable bonds is 5.